The van der Waals surface area contributed by atoms with Crippen LogP contribution in [0.25, 0.3) is 11.1 Å². The van der Waals surface area contributed by atoms with Gasteiger partial charge in [0.2, 0.25) is 0 Å². The first-order valence-corrected chi connectivity index (χ1v) is 4.72. The quantitative estimate of drug-likeness (QED) is 0.702. The zero-order valence-electron chi connectivity index (χ0n) is 8.51. The van der Waals surface area contributed by atoms with Crippen LogP contribution in [0.4, 0.5) is 11.5 Å². The van der Waals surface area contributed by atoms with Crippen molar-refractivity contribution < 1.29 is 0 Å². The van der Waals surface area contributed by atoms with Crippen LogP contribution in [0.5, 0.6) is 0 Å². The minimum atomic E-state index is 0.252. The molecule has 0 saturated heterocycles. The Hall–Kier alpha value is -2.54. The molecule has 0 aliphatic carbocycles. The molecule has 0 atom stereocenters. The van der Waals surface area contributed by atoms with Gasteiger partial charge in [-0.05, 0) is 23.8 Å². The first-order valence-electron chi connectivity index (χ1n) is 4.72. The number of aromatic nitrogens is 1. The average molecular weight is 210 g/mol. The topological polar surface area (TPSA) is 88.7 Å². The van der Waals surface area contributed by atoms with Gasteiger partial charge in [-0.3, -0.25) is 0 Å². The lowest BCUT2D eigenvalue weighted by atomic mass is 10.1. The summed E-state index contributed by atoms with van der Waals surface area (Å²) in [6.07, 6.45) is 1.64. The van der Waals surface area contributed by atoms with Crippen molar-refractivity contribution in [1.82, 2.24) is 4.98 Å². The van der Waals surface area contributed by atoms with Crippen molar-refractivity contribution in [2.75, 3.05) is 11.5 Å². The number of rotatable bonds is 1. The summed E-state index contributed by atoms with van der Waals surface area (Å²) < 4.78 is 0. The maximum absolute atomic E-state index is 8.84. The number of nitrogens with two attached hydrogens (primary N) is 2. The van der Waals surface area contributed by atoms with Gasteiger partial charge in [-0.25, -0.2) is 4.98 Å². The molecule has 0 fully saturated rings. The van der Waals surface area contributed by atoms with Crippen molar-refractivity contribution in [2.24, 2.45) is 0 Å². The van der Waals surface area contributed by atoms with Crippen LogP contribution in [0.2, 0.25) is 0 Å². The van der Waals surface area contributed by atoms with Gasteiger partial charge in [-0.15, -0.1) is 0 Å². The van der Waals surface area contributed by atoms with Gasteiger partial charge in [0.05, 0.1) is 5.56 Å². The second-order valence-corrected chi connectivity index (χ2v) is 3.39. The highest BCUT2D eigenvalue weighted by Gasteiger charge is 2.03. The van der Waals surface area contributed by atoms with Gasteiger partial charge in [0.15, 0.2) is 0 Å². The minimum absolute atomic E-state index is 0.252. The Bertz CT molecular complexity index is 552. The molecule has 2 aromatic rings. The molecule has 0 spiro atoms. The number of anilines is 2. The van der Waals surface area contributed by atoms with Gasteiger partial charge < -0.3 is 11.5 Å². The SMILES string of the molecule is N#Cc1cc(-c2ccc(N)cc2)cnc1N. The summed E-state index contributed by atoms with van der Waals surface area (Å²) in [5.41, 5.74) is 14.0. The molecule has 0 aliphatic rings. The third-order valence-electron chi connectivity index (χ3n) is 2.28. The van der Waals surface area contributed by atoms with Gasteiger partial charge in [-0.1, -0.05) is 12.1 Å². The van der Waals surface area contributed by atoms with Crippen molar-refractivity contribution in [3.05, 3.63) is 42.1 Å². The second-order valence-electron chi connectivity index (χ2n) is 3.39. The zero-order valence-corrected chi connectivity index (χ0v) is 8.51. The van der Waals surface area contributed by atoms with E-state index in [-0.39, 0.29) is 5.82 Å². The van der Waals surface area contributed by atoms with Gasteiger partial charge in [0, 0.05) is 17.4 Å². The van der Waals surface area contributed by atoms with Crippen molar-refractivity contribution in [3.8, 4) is 17.2 Å². The summed E-state index contributed by atoms with van der Waals surface area (Å²) in [7, 11) is 0. The van der Waals surface area contributed by atoms with Crippen molar-refractivity contribution >= 4 is 11.5 Å². The van der Waals surface area contributed by atoms with Crippen LogP contribution in [-0.4, -0.2) is 4.98 Å². The molecule has 0 unspecified atom stereocenters. The summed E-state index contributed by atoms with van der Waals surface area (Å²) >= 11 is 0. The molecular weight excluding hydrogens is 200 g/mol. The number of benzene rings is 1. The Kier molecular flexibility index (Phi) is 2.44. The molecule has 0 saturated carbocycles. The fourth-order valence-corrected chi connectivity index (χ4v) is 1.40. The molecule has 4 N–H and O–H groups in total. The summed E-state index contributed by atoms with van der Waals surface area (Å²) in [4.78, 5) is 3.97. The first-order chi connectivity index (χ1) is 7.70. The standard InChI is InChI=1S/C12H10N4/c13-6-9-5-10(7-16-12(9)15)8-1-3-11(14)4-2-8/h1-5,7H,14H2,(H2,15,16). The Morgan fingerprint density at radius 2 is 1.75 bits per heavy atom. The highest BCUT2D eigenvalue weighted by Crippen LogP contribution is 2.22. The number of nitrogen functional groups attached to an aromatic ring is 2. The smallest absolute Gasteiger partial charge is 0.141 e. The highest BCUT2D eigenvalue weighted by molar-refractivity contribution is 5.68. The number of hydrogen-bond acceptors (Lipinski definition) is 4. The lowest BCUT2D eigenvalue weighted by Gasteiger charge is -2.03. The molecule has 4 heteroatoms. The molecule has 0 bridgehead atoms. The Morgan fingerprint density at radius 1 is 1.06 bits per heavy atom. The largest absolute Gasteiger partial charge is 0.399 e. The van der Waals surface area contributed by atoms with E-state index in [9.17, 15) is 0 Å². The summed E-state index contributed by atoms with van der Waals surface area (Å²) in [5, 5.41) is 8.84. The van der Waals surface area contributed by atoms with Crippen molar-refractivity contribution in [3.63, 3.8) is 0 Å². The number of nitrogens with zero attached hydrogens (tertiary/aromatic N) is 2. The van der Waals surface area contributed by atoms with E-state index < -0.39 is 0 Å². The predicted molar refractivity (Wildman–Crippen MR) is 63.2 cm³/mol. The van der Waals surface area contributed by atoms with Crippen LogP contribution >= 0.6 is 0 Å². The van der Waals surface area contributed by atoms with Gasteiger partial charge in [0.25, 0.3) is 0 Å². The van der Waals surface area contributed by atoms with E-state index in [1.807, 2.05) is 18.2 Å². The van der Waals surface area contributed by atoms with E-state index in [1.165, 1.54) is 0 Å². The van der Waals surface area contributed by atoms with Crippen LogP contribution in [-0.2, 0) is 0 Å². The molecule has 78 valence electrons. The Morgan fingerprint density at radius 3 is 2.38 bits per heavy atom. The molecule has 2 rings (SSSR count). The van der Waals surface area contributed by atoms with Crippen LogP contribution in [0.3, 0.4) is 0 Å². The van der Waals surface area contributed by atoms with E-state index >= 15 is 0 Å². The number of pyridine rings is 1. The average Bonchev–Trinajstić information content (AvgIpc) is 2.31. The lowest BCUT2D eigenvalue weighted by molar-refractivity contribution is 1.31. The molecule has 1 aromatic heterocycles. The third kappa shape index (κ3) is 1.79. The van der Waals surface area contributed by atoms with Gasteiger partial charge in [-0.2, -0.15) is 5.26 Å². The predicted octanol–water partition coefficient (Wildman–Crippen LogP) is 1.78. The maximum Gasteiger partial charge on any atom is 0.141 e. The summed E-state index contributed by atoms with van der Waals surface area (Å²) in [6, 6.07) is 11.1. The normalized spacial score (nSPS) is 9.69. The fraction of sp³-hybridized carbons (Fsp3) is 0. The Balaban J connectivity index is 2.49. The summed E-state index contributed by atoms with van der Waals surface area (Å²) in [6.45, 7) is 0. The summed E-state index contributed by atoms with van der Waals surface area (Å²) in [5.74, 6) is 0.252. The van der Waals surface area contributed by atoms with Gasteiger partial charge >= 0.3 is 0 Å². The van der Waals surface area contributed by atoms with E-state index in [2.05, 4.69) is 4.98 Å². The number of nitriles is 1. The maximum atomic E-state index is 8.84. The molecule has 1 heterocycles. The zero-order chi connectivity index (χ0) is 11.5. The van der Waals surface area contributed by atoms with E-state index in [0.29, 0.717) is 11.3 Å². The second kappa shape index (κ2) is 3.91. The van der Waals surface area contributed by atoms with Crippen molar-refractivity contribution in [2.45, 2.75) is 0 Å². The van der Waals surface area contributed by atoms with E-state index in [4.69, 9.17) is 16.7 Å². The molecule has 16 heavy (non-hydrogen) atoms. The Labute approximate surface area is 93.1 Å². The molecule has 0 aliphatic heterocycles. The van der Waals surface area contributed by atoms with E-state index in [0.717, 1.165) is 11.1 Å². The van der Waals surface area contributed by atoms with E-state index in [1.54, 1.807) is 24.4 Å². The van der Waals surface area contributed by atoms with Crippen molar-refractivity contribution in [1.29, 1.82) is 5.26 Å². The molecule has 1 aromatic carbocycles. The third-order valence-corrected chi connectivity index (χ3v) is 2.28. The molecule has 0 radical (unpaired) electrons. The van der Waals surface area contributed by atoms with Crippen LogP contribution in [0, 0.1) is 11.3 Å². The molecule has 0 amide bonds. The molecular formula is C12H10N4. The van der Waals surface area contributed by atoms with Crippen LogP contribution in [0.1, 0.15) is 5.56 Å². The van der Waals surface area contributed by atoms with Crippen LogP contribution in [0.15, 0.2) is 36.5 Å². The molecule has 4 nitrogen and oxygen atoms in total. The monoisotopic (exact) mass is 210 g/mol. The van der Waals surface area contributed by atoms with Crippen LogP contribution < -0.4 is 11.5 Å². The first kappa shape index (κ1) is 9.99. The lowest BCUT2D eigenvalue weighted by Crippen LogP contribution is -1.95. The minimum Gasteiger partial charge on any atom is -0.399 e. The fourth-order valence-electron chi connectivity index (χ4n) is 1.40. The highest BCUT2D eigenvalue weighted by atomic mass is 14.8. The number of hydrogen-bond donors (Lipinski definition) is 2. The van der Waals surface area contributed by atoms with Gasteiger partial charge in [0.1, 0.15) is 11.9 Å².